The van der Waals surface area contributed by atoms with Gasteiger partial charge in [0.1, 0.15) is 0 Å². The first-order valence-electron chi connectivity index (χ1n) is 6.94. The van der Waals surface area contributed by atoms with E-state index in [1.54, 1.807) is 0 Å². The Kier molecular flexibility index (Phi) is 4.22. The van der Waals surface area contributed by atoms with Gasteiger partial charge < -0.3 is 4.90 Å². The quantitative estimate of drug-likeness (QED) is 0.782. The molecule has 0 bridgehead atoms. The van der Waals surface area contributed by atoms with Gasteiger partial charge in [-0.3, -0.25) is 4.79 Å². The molecule has 0 radical (unpaired) electrons. The molecule has 2 aromatic rings. The van der Waals surface area contributed by atoms with Crippen LogP contribution in [0.1, 0.15) is 12.5 Å². The van der Waals surface area contributed by atoms with E-state index >= 15 is 0 Å². The first-order valence-corrected chi connectivity index (χ1v) is 8.30. The van der Waals surface area contributed by atoms with Crippen LogP contribution in [0, 0.1) is 0 Å². The van der Waals surface area contributed by atoms with Crippen LogP contribution in [0.2, 0.25) is 5.02 Å². The van der Waals surface area contributed by atoms with Gasteiger partial charge in [-0.15, -0.1) is 11.8 Å². The lowest BCUT2D eigenvalue weighted by molar-refractivity contribution is -0.116. The molecule has 2 nitrogen and oxygen atoms in total. The molecular weight excluding hydrogens is 302 g/mol. The topological polar surface area (TPSA) is 20.3 Å². The lowest BCUT2D eigenvalue weighted by Crippen LogP contribution is -2.36. The van der Waals surface area contributed by atoms with Crippen molar-refractivity contribution in [3.63, 3.8) is 0 Å². The molecule has 0 aliphatic carbocycles. The van der Waals surface area contributed by atoms with Crippen LogP contribution in [0.3, 0.4) is 0 Å². The number of fused-ring (bicyclic) bond motifs is 1. The van der Waals surface area contributed by atoms with Crippen LogP contribution in [0.15, 0.2) is 53.4 Å². The molecule has 1 atom stereocenters. The summed E-state index contributed by atoms with van der Waals surface area (Å²) in [5.41, 5.74) is 2.30. The van der Waals surface area contributed by atoms with Gasteiger partial charge in [-0.2, -0.15) is 0 Å². The Morgan fingerprint density at radius 2 is 1.95 bits per heavy atom. The summed E-state index contributed by atoms with van der Waals surface area (Å²) in [6.07, 6.45) is 0.929. The number of amides is 1. The van der Waals surface area contributed by atoms with Crippen molar-refractivity contribution >= 4 is 35.0 Å². The molecule has 1 aliphatic rings. The summed E-state index contributed by atoms with van der Waals surface area (Å²) in [5.74, 6) is 0.542. The molecule has 0 unspecified atom stereocenters. The number of para-hydroxylation sites is 1. The Morgan fingerprint density at radius 3 is 2.76 bits per heavy atom. The van der Waals surface area contributed by atoms with Crippen molar-refractivity contribution in [2.75, 3.05) is 10.7 Å². The Bertz CT molecular complexity index is 673. The van der Waals surface area contributed by atoms with Crippen molar-refractivity contribution in [1.82, 2.24) is 0 Å². The number of anilines is 1. The molecule has 1 amide bonds. The molecule has 1 heterocycles. The molecule has 0 N–H and O–H groups in total. The monoisotopic (exact) mass is 317 g/mol. The van der Waals surface area contributed by atoms with Crippen molar-refractivity contribution in [2.45, 2.75) is 24.3 Å². The predicted molar refractivity (Wildman–Crippen MR) is 89.3 cm³/mol. The van der Waals surface area contributed by atoms with Gasteiger partial charge in [0.05, 0.1) is 10.8 Å². The van der Waals surface area contributed by atoms with E-state index in [2.05, 4.69) is 13.0 Å². The lowest BCUT2D eigenvalue weighted by atomic mass is 10.1. The highest BCUT2D eigenvalue weighted by Crippen LogP contribution is 2.33. The van der Waals surface area contributed by atoms with Crippen molar-refractivity contribution in [3.05, 3.63) is 59.1 Å². The van der Waals surface area contributed by atoms with Crippen molar-refractivity contribution in [1.29, 1.82) is 0 Å². The minimum Gasteiger partial charge on any atom is -0.308 e. The van der Waals surface area contributed by atoms with Crippen LogP contribution in [0.25, 0.3) is 0 Å². The van der Waals surface area contributed by atoms with E-state index in [-0.39, 0.29) is 11.9 Å². The number of carbonyl (C=O) groups excluding carboxylic acids is 1. The number of nitrogens with zero attached hydrogens (tertiary/aromatic N) is 1. The Morgan fingerprint density at radius 1 is 1.24 bits per heavy atom. The Labute approximate surface area is 134 Å². The van der Waals surface area contributed by atoms with Crippen LogP contribution in [-0.2, 0) is 11.2 Å². The van der Waals surface area contributed by atoms with Gasteiger partial charge in [-0.25, -0.2) is 0 Å². The minimum absolute atomic E-state index is 0.136. The normalized spacial score (nSPS) is 16.9. The van der Waals surface area contributed by atoms with E-state index in [0.29, 0.717) is 10.8 Å². The summed E-state index contributed by atoms with van der Waals surface area (Å²) in [7, 11) is 0. The second-order valence-corrected chi connectivity index (χ2v) is 6.59. The largest absolute Gasteiger partial charge is 0.308 e. The van der Waals surface area contributed by atoms with E-state index < -0.39 is 0 Å². The van der Waals surface area contributed by atoms with E-state index in [1.165, 1.54) is 17.3 Å². The average molecular weight is 318 g/mol. The molecule has 4 heteroatoms. The van der Waals surface area contributed by atoms with E-state index in [1.807, 2.05) is 47.4 Å². The fraction of sp³-hybridized carbons (Fsp3) is 0.235. The molecule has 0 saturated heterocycles. The highest BCUT2D eigenvalue weighted by Gasteiger charge is 2.30. The zero-order valence-electron chi connectivity index (χ0n) is 11.8. The zero-order chi connectivity index (χ0) is 14.8. The van der Waals surface area contributed by atoms with Gasteiger partial charge in [0.25, 0.3) is 0 Å². The standard InChI is InChI=1S/C17H16ClNOS/c1-12-10-13-6-2-4-8-15(13)19(12)17(20)11-21-16-9-5-3-7-14(16)18/h2-9,12H,10-11H2,1H3/t12-/m0/s1. The maximum atomic E-state index is 12.6. The number of hydrogen-bond acceptors (Lipinski definition) is 2. The molecule has 2 aromatic carbocycles. The SMILES string of the molecule is C[C@H]1Cc2ccccc2N1C(=O)CSc1ccccc1Cl. The summed E-state index contributed by atoms with van der Waals surface area (Å²) in [5, 5.41) is 0.699. The number of hydrogen-bond donors (Lipinski definition) is 0. The second-order valence-electron chi connectivity index (χ2n) is 5.16. The van der Waals surface area contributed by atoms with Crippen molar-refractivity contribution in [3.8, 4) is 0 Å². The molecule has 1 aliphatic heterocycles. The van der Waals surface area contributed by atoms with Gasteiger partial charge >= 0.3 is 0 Å². The summed E-state index contributed by atoms with van der Waals surface area (Å²) < 4.78 is 0. The smallest absolute Gasteiger partial charge is 0.237 e. The molecule has 21 heavy (non-hydrogen) atoms. The zero-order valence-corrected chi connectivity index (χ0v) is 13.3. The summed E-state index contributed by atoms with van der Waals surface area (Å²) in [6.45, 7) is 2.10. The summed E-state index contributed by atoms with van der Waals surface area (Å²) in [4.78, 5) is 15.4. The molecule has 0 saturated carbocycles. The fourth-order valence-electron chi connectivity index (χ4n) is 2.72. The second kappa shape index (κ2) is 6.12. The predicted octanol–water partition coefficient (Wildman–Crippen LogP) is 4.41. The highest BCUT2D eigenvalue weighted by molar-refractivity contribution is 8.00. The highest BCUT2D eigenvalue weighted by atomic mass is 35.5. The summed E-state index contributed by atoms with van der Waals surface area (Å²) in [6, 6.07) is 16.0. The Hall–Kier alpha value is -1.45. The van der Waals surface area contributed by atoms with Gasteiger partial charge in [-0.05, 0) is 37.1 Å². The van der Waals surface area contributed by atoms with Gasteiger partial charge in [0.15, 0.2) is 0 Å². The van der Waals surface area contributed by atoms with Crippen LogP contribution < -0.4 is 4.90 Å². The first-order chi connectivity index (χ1) is 10.2. The number of thioether (sulfide) groups is 1. The average Bonchev–Trinajstić information content (AvgIpc) is 2.82. The molecule has 3 rings (SSSR count). The van der Waals surface area contributed by atoms with Gasteiger partial charge in [0, 0.05) is 16.6 Å². The van der Waals surface area contributed by atoms with Crippen LogP contribution in [0.4, 0.5) is 5.69 Å². The fourth-order valence-corrected chi connectivity index (χ4v) is 3.81. The van der Waals surface area contributed by atoms with Gasteiger partial charge in [0.2, 0.25) is 5.91 Å². The number of rotatable bonds is 3. The molecule has 0 aromatic heterocycles. The maximum Gasteiger partial charge on any atom is 0.237 e. The van der Waals surface area contributed by atoms with Crippen LogP contribution in [-0.4, -0.2) is 17.7 Å². The van der Waals surface area contributed by atoms with E-state index in [4.69, 9.17) is 11.6 Å². The molecule has 0 fully saturated rings. The number of benzene rings is 2. The third kappa shape index (κ3) is 2.94. The first kappa shape index (κ1) is 14.5. The minimum atomic E-state index is 0.136. The van der Waals surface area contributed by atoms with E-state index in [0.717, 1.165) is 17.0 Å². The Balaban J connectivity index is 1.73. The molecular formula is C17H16ClNOS. The van der Waals surface area contributed by atoms with Crippen molar-refractivity contribution < 1.29 is 4.79 Å². The molecule has 0 spiro atoms. The van der Waals surface area contributed by atoms with Gasteiger partial charge in [-0.1, -0.05) is 41.9 Å². The number of carbonyl (C=O) groups is 1. The van der Waals surface area contributed by atoms with Crippen LogP contribution in [0.5, 0.6) is 0 Å². The van der Waals surface area contributed by atoms with Crippen LogP contribution >= 0.6 is 23.4 Å². The molecule has 108 valence electrons. The lowest BCUT2D eigenvalue weighted by Gasteiger charge is -2.22. The van der Waals surface area contributed by atoms with E-state index in [9.17, 15) is 4.79 Å². The summed E-state index contributed by atoms with van der Waals surface area (Å²) >= 11 is 7.63. The maximum absolute atomic E-state index is 12.6. The third-order valence-corrected chi connectivity index (χ3v) is 5.16. The third-order valence-electron chi connectivity index (χ3n) is 3.66. The number of halogens is 1. The van der Waals surface area contributed by atoms with Crippen molar-refractivity contribution in [2.24, 2.45) is 0 Å².